The molecule has 0 heterocycles. The molecular weight excluding hydrogens is 238 g/mol. The third-order valence-electron chi connectivity index (χ3n) is 2.52. The molecule has 1 aromatic rings. The molecule has 1 aromatic carbocycles. The largest absolute Gasteiger partial charge is 0.484 e. The highest BCUT2D eigenvalue weighted by atomic mass is 35.5. The van der Waals surface area contributed by atoms with Crippen LogP contribution in [0.2, 0.25) is 5.02 Å². The molecule has 4 heteroatoms. The molecule has 1 atom stereocenters. The molecule has 0 aliphatic heterocycles. The van der Waals surface area contributed by atoms with Crippen molar-refractivity contribution in [1.29, 1.82) is 0 Å². The number of hydrogen-bond donors (Lipinski definition) is 1. The Balaban J connectivity index is 2.45. The fourth-order valence-corrected chi connectivity index (χ4v) is 1.39. The smallest absolute Gasteiger partial charge is 0.258 e. The lowest BCUT2D eigenvalue weighted by molar-refractivity contribution is -0.123. The Hall–Kier alpha value is -1.22. The first kappa shape index (κ1) is 13.8. The molecule has 0 spiro atoms. The second-order valence-corrected chi connectivity index (χ2v) is 4.48. The van der Waals surface area contributed by atoms with Crippen LogP contribution in [-0.4, -0.2) is 18.6 Å². The molecule has 94 valence electrons. The van der Waals surface area contributed by atoms with Gasteiger partial charge in [0.2, 0.25) is 0 Å². The maximum absolute atomic E-state index is 11.5. The molecular formula is C13H18ClNO2. The van der Waals surface area contributed by atoms with Gasteiger partial charge >= 0.3 is 0 Å². The van der Waals surface area contributed by atoms with Gasteiger partial charge in [-0.2, -0.15) is 0 Å². The Morgan fingerprint density at radius 3 is 2.82 bits per heavy atom. The van der Waals surface area contributed by atoms with Crippen molar-refractivity contribution in [2.75, 3.05) is 6.61 Å². The van der Waals surface area contributed by atoms with Crippen LogP contribution in [0.15, 0.2) is 18.2 Å². The Labute approximate surface area is 107 Å². The van der Waals surface area contributed by atoms with E-state index in [0.29, 0.717) is 10.8 Å². The molecule has 0 saturated carbocycles. The van der Waals surface area contributed by atoms with Gasteiger partial charge in [0.15, 0.2) is 6.61 Å². The number of halogens is 1. The maximum atomic E-state index is 11.5. The number of ether oxygens (including phenoxy) is 1. The molecule has 0 aliphatic carbocycles. The van der Waals surface area contributed by atoms with Crippen LogP contribution in [0, 0.1) is 6.92 Å². The van der Waals surface area contributed by atoms with Crippen molar-refractivity contribution in [3.8, 4) is 5.75 Å². The summed E-state index contributed by atoms with van der Waals surface area (Å²) in [7, 11) is 0. The number of carbonyl (C=O) groups is 1. The van der Waals surface area contributed by atoms with E-state index in [-0.39, 0.29) is 18.6 Å². The van der Waals surface area contributed by atoms with Crippen LogP contribution in [-0.2, 0) is 4.79 Å². The van der Waals surface area contributed by atoms with E-state index in [1.807, 2.05) is 26.8 Å². The first-order chi connectivity index (χ1) is 8.02. The first-order valence-corrected chi connectivity index (χ1v) is 6.09. The van der Waals surface area contributed by atoms with Crippen LogP contribution in [0.4, 0.5) is 0 Å². The van der Waals surface area contributed by atoms with E-state index in [1.54, 1.807) is 12.1 Å². The standard InChI is InChI=1S/C13H18ClNO2/c1-4-10(3)15-13(16)8-17-11-5-6-12(14)9(2)7-11/h5-7,10H,4,8H2,1-3H3,(H,15,16). The highest BCUT2D eigenvalue weighted by Gasteiger charge is 2.06. The number of nitrogens with one attached hydrogen (secondary N) is 1. The Morgan fingerprint density at radius 2 is 2.24 bits per heavy atom. The van der Waals surface area contributed by atoms with Gasteiger partial charge in [-0.1, -0.05) is 18.5 Å². The molecule has 0 fully saturated rings. The summed E-state index contributed by atoms with van der Waals surface area (Å²) >= 11 is 5.90. The Morgan fingerprint density at radius 1 is 1.53 bits per heavy atom. The molecule has 0 aromatic heterocycles. The van der Waals surface area contributed by atoms with Crippen molar-refractivity contribution < 1.29 is 9.53 Å². The maximum Gasteiger partial charge on any atom is 0.258 e. The summed E-state index contributed by atoms with van der Waals surface area (Å²) in [5, 5.41) is 3.53. The average Bonchev–Trinajstić information content (AvgIpc) is 2.30. The zero-order chi connectivity index (χ0) is 12.8. The molecule has 0 saturated heterocycles. The summed E-state index contributed by atoms with van der Waals surface area (Å²) in [6.45, 7) is 5.92. The molecule has 1 rings (SSSR count). The van der Waals surface area contributed by atoms with E-state index >= 15 is 0 Å². The third kappa shape index (κ3) is 4.65. The van der Waals surface area contributed by atoms with Gasteiger partial charge in [0.25, 0.3) is 5.91 Å². The van der Waals surface area contributed by atoms with E-state index in [0.717, 1.165) is 12.0 Å². The summed E-state index contributed by atoms with van der Waals surface area (Å²) in [5.41, 5.74) is 0.937. The summed E-state index contributed by atoms with van der Waals surface area (Å²) in [6, 6.07) is 5.52. The summed E-state index contributed by atoms with van der Waals surface area (Å²) in [4.78, 5) is 11.5. The average molecular weight is 256 g/mol. The number of benzene rings is 1. The topological polar surface area (TPSA) is 38.3 Å². The van der Waals surface area contributed by atoms with Crippen LogP contribution in [0.3, 0.4) is 0 Å². The highest BCUT2D eigenvalue weighted by molar-refractivity contribution is 6.31. The van der Waals surface area contributed by atoms with E-state index in [9.17, 15) is 4.79 Å². The van der Waals surface area contributed by atoms with Crippen molar-refractivity contribution in [3.63, 3.8) is 0 Å². The van der Waals surface area contributed by atoms with Crippen LogP contribution in [0.1, 0.15) is 25.8 Å². The van der Waals surface area contributed by atoms with Crippen LogP contribution in [0.5, 0.6) is 5.75 Å². The summed E-state index contributed by atoms with van der Waals surface area (Å²) in [6.07, 6.45) is 0.909. The Kier molecular flexibility index (Phi) is 5.29. The normalized spacial score (nSPS) is 12.0. The molecule has 0 bridgehead atoms. The second-order valence-electron chi connectivity index (χ2n) is 4.08. The zero-order valence-corrected chi connectivity index (χ0v) is 11.2. The lowest BCUT2D eigenvalue weighted by Crippen LogP contribution is -2.35. The zero-order valence-electron chi connectivity index (χ0n) is 10.4. The van der Waals surface area contributed by atoms with Crippen LogP contribution >= 0.6 is 11.6 Å². The van der Waals surface area contributed by atoms with Crippen molar-refractivity contribution in [1.82, 2.24) is 5.32 Å². The van der Waals surface area contributed by atoms with Gasteiger partial charge in [-0.05, 0) is 44.0 Å². The van der Waals surface area contributed by atoms with E-state index in [4.69, 9.17) is 16.3 Å². The van der Waals surface area contributed by atoms with Gasteiger partial charge in [0, 0.05) is 11.1 Å². The Bertz CT molecular complexity index is 393. The molecule has 3 nitrogen and oxygen atoms in total. The summed E-state index contributed by atoms with van der Waals surface area (Å²) in [5.74, 6) is 0.554. The molecule has 0 aliphatic rings. The molecule has 17 heavy (non-hydrogen) atoms. The fraction of sp³-hybridized carbons (Fsp3) is 0.462. The van der Waals surface area contributed by atoms with Crippen molar-refractivity contribution in [2.24, 2.45) is 0 Å². The number of carbonyl (C=O) groups excluding carboxylic acids is 1. The minimum atomic E-state index is -0.105. The highest BCUT2D eigenvalue weighted by Crippen LogP contribution is 2.20. The molecule has 1 unspecified atom stereocenters. The first-order valence-electron chi connectivity index (χ1n) is 5.71. The van der Waals surface area contributed by atoms with Crippen molar-refractivity contribution >= 4 is 17.5 Å². The second kappa shape index (κ2) is 6.50. The van der Waals surface area contributed by atoms with Crippen molar-refractivity contribution in [2.45, 2.75) is 33.2 Å². The lowest BCUT2D eigenvalue weighted by atomic mass is 10.2. The van der Waals surface area contributed by atoms with Crippen LogP contribution < -0.4 is 10.1 Å². The molecule has 1 amide bonds. The SMILES string of the molecule is CCC(C)NC(=O)COc1ccc(Cl)c(C)c1. The van der Waals surface area contributed by atoms with Gasteiger partial charge in [-0.25, -0.2) is 0 Å². The van der Waals surface area contributed by atoms with E-state index in [2.05, 4.69) is 5.32 Å². The third-order valence-corrected chi connectivity index (χ3v) is 2.94. The number of amides is 1. The number of hydrogen-bond acceptors (Lipinski definition) is 2. The van der Waals surface area contributed by atoms with Gasteiger partial charge in [0.1, 0.15) is 5.75 Å². The summed E-state index contributed by atoms with van der Waals surface area (Å²) < 4.78 is 5.38. The van der Waals surface area contributed by atoms with Gasteiger partial charge in [-0.3, -0.25) is 4.79 Å². The van der Waals surface area contributed by atoms with Gasteiger partial charge in [0.05, 0.1) is 0 Å². The predicted octanol–water partition coefficient (Wildman–Crippen LogP) is 2.94. The van der Waals surface area contributed by atoms with Crippen LogP contribution in [0.25, 0.3) is 0 Å². The molecule has 1 N–H and O–H groups in total. The minimum absolute atomic E-state index is 0.0331. The predicted molar refractivity (Wildman–Crippen MR) is 69.6 cm³/mol. The van der Waals surface area contributed by atoms with Gasteiger partial charge in [-0.15, -0.1) is 0 Å². The molecule has 0 radical (unpaired) electrons. The van der Waals surface area contributed by atoms with E-state index < -0.39 is 0 Å². The number of aryl methyl sites for hydroxylation is 1. The quantitative estimate of drug-likeness (QED) is 0.879. The monoisotopic (exact) mass is 255 g/mol. The lowest BCUT2D eigenvalue weighted by Gasteiger charge is -2.12. The van der Waals surface area contributed by atoms with Gasteiger partial charge < -0.3 is 10.1 Å². The minimum Gasteiger partial charge on any atom is -0.484 e. The van der Waals surface area contributed by atoms with E-state index in [1.165, 1.54) is 0 Å². The number of rotatable bonds is 5. The fourth-order valence-electron chi connectivity index (χ4n) is 1.27. The van der Waals surface area contributed by atoms with Crippen molar-refractivity contribution in [3.05, 3.63) is 28.8 Å².